The van der Waals surface area contributed by atoms with Crippen LogP contribution in [0.2, 0.25) is 0 Å². The summed E-state index contributed by atoms with van der Waals surface area (Å²) in [7, 11) is 0. The quantitative estimate of drug-likeness (QED) is 0.720. The lowest BCUT2D eigenvalue weighted by molar-refractivity contribution is -0.131. The van der Waals surface area contributed by atoms with Gasteiger partial charge in [-0.05, 0) is 26.0 Å². The zero-order valence-corrected chi connectivity index (χ0v) is 14.5. The zero-order chi connectivity index (χ0) is 17.8. The van der Waals surface area contributed by atoms with Crippen LogP contribution in [0.25, 0.3) is 22.3 Å². The van der Waals surface area contributed by atoms with Crippen molar-refractivity contribution in [3.63, 3.8) is 0 Å². The van der Waals surface area contributed by atoms with Crippen molar-refractivity contribution in [3.05, 3.63) is 65.0 Å². The van der Waals surface area contributed by atoms with Crippen LogP contribution in [0, 0.1) is 0 Å². The molecule has 0 radical (unpaired) electrons. The van der Waals surface area contributed by atoms with Crippen LogP contribution in [-0.4, -0.2) is 33.4 Å². The Kier molecular flexibility index (Phi) is 4.93. The van der Waals surface area contributed by atoms with Crippen LogP contribution in [0.15, 0.2) is 59.4 Å². The van der Waals surface area contributed by atoms with Crippen molar-refractivity contribution in [2.75, 3.05) is 13.1 Å². The second kappa shape index (κ2) is 7.30. The molecule has 128 valence electrons. The molecule has 0 N–H and O–H groups in total. The molecule has 1 aromatic heterocycles. The van der Waals surface area contributed by atoms with E-state index in [2.05, 4.69) is 4.98 Å². The number of hydrogen-bond acceptors (Lipinski definition) is 3. The van der Waals surface area contributed by atoms with E-state index in [9.17, 15) is 9.59 Å². The molecule has 5 nitrogen and oxygen atoms in total. The summed E-state index contributed by atoms with van der Waals surface area (Å²) in [5.41, 5.74) is 1.26. The van der Waals surface area contributed by atoms with E-state index < -0.39 is 0 Å². The highest BCUT2D eigenvalue weighted by Crippen LogP contribution is 2.18. The molecule has 1 heterocycles. The first-order chi connectivity index (χ1) is 12.2. The Hall–Kier alpha value is -2.95. The van der Waals surface area contributed by atoms with Gasteiger partial charge in [0.25, 0.3) is 5.56 Å². The van der Waals surface area contributed by atoms with Crippen LogP contribution in [0.4, 0.5) is 0 Å². The number of likely N-dealkylation sites (N-methyl/N-ethyl adjacent to an activating group) is 1. The van der Waals surface area contributed by atoms with Crippen LogP contribution in [0.3, 0.4) is 0 Å². The van der Waals surface area contributed by atoms with Gasteiger partial charge < -0.3 is 4.90 Å². The van der Waals surface area contributed by atoms with E-state index >= 15 is 0 Å². The highest BCUT2D eigenvalue weighted by molar-refractivity contribution is 5.81. The maximum absolute atomic E-state index is 13.0. The maximum atomic E-state index is 13.0. The minimum absolute atomic E-state index is 0.0113. The van der Waals surface area contributed by atoms with Crippen molar-refractivity contribution in [1.29, 1.82) is 0 Å². The molecule has 0 saturated heterocycles. The molecule has 3 aromatic rings. The molecule has 0 saturated carbocycles. The van der Waals surface area contributed by atoms with Crippen molar-refractivity contribution < 1.29 is 4.79 Å². The van der Waals surface area contributed by atoms with Crippen LogP contribution < -0.4 is 5.56 Å². The van der Waals surface area contributed by atoms with Crippen molar-refractivity contribution in [3.8, 4) is 11.4 Å². The normalized spacial score (nSPS) is 10.8. The van der Waals surface area contributed by atoms with Gasteiger partial charge in [0.2, 0.25) is 5.91 Å². The lowest BCUT2D eigenvalue weighted by Gasteiger charge is -2.20. The maximum Gasteiger partial charge on any atom is 0.262 e. The Morgan fingerprint density at radius 2 is 1.64 bits per heavy atom. The summed E-state index contributed by atoms with van der Waals surface area (Å²) in [5.74, 6) is 0.436. The molecule has 0 bridgehead atoms. The van der Waals surface area contributed by atoms with Crippen molar-refractivity contribution in [2.24, 2.45) is 0 Å². The number of amides is 1. The highest BCUT2D eigenvalue weighted by Gasteiger charge is 2.17. The molecule has 0 aliphatic carbocycles. The average Bonchev–Trinajstić information content (AvgIpc) is 2.65. The Labute approximate surface area is 146 Å². The van der Waals surface area contributed by atoms with Crippen LogP contribution >= 0.6 is 0 Å². The summed E-state index contributed by atoms with van der Waals surface area (Å²) >= 11 is 0. The van der Waals surface area contributed by atoms with Gasteiger partial charge in [0.1, 0.15) is 12.4 Å². The summed E-state index contributed by atoms with van der Waals surface area (Å²) in [4.78, 5) is 32.0. The number of carbonyl (C=O) groups excluding carboxylic acids is 1. The van der Waals surface area contributed by atoms with Gasteiger partial charge in [0.05, 0.1) is 10.9 Å². The van der Waals surface area contributed by atoms with Crippen LogP contribution in [-0.2, 0) is 11.3 Å². The van der Waals surface area contributed by atoms with E-state index in [1.165, 1.54) is 4.57 Å². The Bertz CT molecular complexity index is 944. The number of hydrogen-bond donors (Lipinski definition) is 0. The summed E-state index contributed by atoms with van der Waals surface area (Å²) in [6.45, 7) is 5.09. The van der Waals surface area contributed by atoms with Crippen LogP contribution in [0.1, 0.15) is 13.8 Å². The second-order valence-corrected chi connectivity index (χ2v) is 5.78. The molecule has 0 aliphatic rings. The fourth-order valence-corrected chi connectivity index (χ4v) is 2.93. The molecule has 3 rings (SSSR count). The number of nitrogens with zero attached hydrogens (tertiary/aromatic N) is 3. The number of benzene rings is 2. The third kappa shape index (κ3) is 3.31. The minimum atomic E-state index is -0.190. The number of rotatable bonds is 5. The molecule has 0 fully saturated rings. The number of para-hydroxylation sites is 1. The standard InChI is InChI=1S/C20H21N3O2/c1-3-22(4-2)18(24)14-23-19(15-10-6-5-7-11-15)21-17-13-9-8-12-16(17)20(23)25/h5-13H,3-4,14H2,1-2H3. The minimum Gasteiger partial charge on any atom is -0.342 e. The van der Waals surface area contributed by atoms with E-state index in [1.807, 2.05) is 62.4 Å². The van der Waals surface area contributed by atoms with Gasteiger partial charge in [-0.1, -0.05) is 42.5 Å². The van der Waals surface area contributed by atoms with Gasteiger partial charge in [-0.3, -0.25) is 14.2 Å². The van der Waals surface area contributed by atoms with Crippen molar-refractivity contribution in [1.82, 2.24) is 14.5 Å². The molecule has 25 heavy (non-hydrogen) atoms. The number of fused-ring (bicyclic) bond motifs is 1. The highest BCUT2D eigenvalue weighted by atomic mass is 16.2. The predicted octanol–water partition coefficient (Wildman–Crippen LogP) is 2.93. The molecule has 0 aliphatic heterocycles. The van der Waals surface area contributed by atoms with E-state index in [0.717, 1.165) is 5.56 Å². The van der Waals surface area contributed by atoms with Gasteiger partial charge in [-0.2, -0.15) is 0 Å². The summed E-state index contributed by atoms with van der Waals surface area (Å²) in [6, 6.07) is 16.7. The Morgan fingerprint density at radius 3 is 2.32 bits per heavy atom. The Morgan fingerprint density at radius 1 is 1.00 bits per heavy atom. The number of aromatic nitrogens is 2. The van der Waals surface area contributed by atoms with Gasteiger partial charge in [-0.15, -0.1) is 0 Å². The second-order valence-electron chi connectivity index (χ2n) is 5.78. The fourth-order valence-electron chi connectivity index (χ4n) is 2.93. The largest absolute Gasteiger partial charge is 0.342 e. The first-order valence-corrected chi connectivity index (χ1v) is 8.48. The van der Waals surface area contributed by atoms with Gasteiger partial charge >= 0.3 is 0 Å². The monoisotopic (exact) mass is 335 g/mol. The lowest BCUT2D eigenvalue weighted by Crippen LogP contribution is -2.37. The van der Waals surface area contributed by atoms with E-state index in [-0.39, 0.29) is 18.0 Å². The number of carbonyl (C=O) groups is 1. The van der Waals surface area contributed by atoms with Gasteiger partial charge in [0.15, 0.2) is 0 Å². The van der Waals surface area contributed by atoms with Gasteiger partial charge in [-0.25, -0.2) is 4.98 Å². The molecular formula is C20H21N3O2. The molecule has 1 amide bonds. The summed E-state index contributed by atoms with van der Waals surface area (Å²) < 4.78 is 1.48. The first kappa shape index (κ1) is 16.9. The molecule has 0 atom stereocenters. The molecule has 0 unspecified atom stereocenters. The third-order valence-corrected chi connectivity index (χ3v) is 4.30. The van der Waals surface area contributed by atoms with E-state index in [4.69, 9.17) is 0 Å². The molecule has 0 spiro atoms. The van der Waals surface area contributed by atoms with Crippen LogP contribution in [0.5, 0.6) is 0 Å². The fraction of sp³-hybridized carbons (Fsp3) is 0.250. The first-order valence-electron chi connectivity index (χ1n) is 8.48. The van der Waals surface area contributed by atoms with E-state index in [1.54, 1.807) is 11.0 Å². The van der Waals surface area contributed by atoms with Crippen molar-refractivity contribution >= 4 is 16.8 Å². The Balaban J connectivity index is 2.19. The van der Waals surface area contributed by atoms with E-state index in [0.29, 0.717) is 29.8 Å². The molecule has 5 heteroatoms. The predicted molar refractivity (Wildman–Crippen MR) is 99.4 cm³/mol. The topological polar surface area (TPSA) is 55.2 Å². The third-order valence-electron chi connectivity index (χ3n) is 4.30. The summed E-state index contributed by atoms with van der Waals surface area (Å²) in [5, 5.41) is 0.523. The smallest absolute Gasteiger partial charge is 0.262 e. The lowest BCUT2D eigenvalue weighted by atomic mass is 10.1. The zero-order valence-electron chi connectivity index (χ0n) is 14.5. The van der Waals surface area contributed by atoms with Crippen molar-refractivity contribution in [2.45, 2.75) is 20.4 Å². The average molecular weight is 335 g/mol. The van der Waals surface area contributed by atoms with Gasteiger partial charge in [0, 0.05) is 18.7 Å². The molecular weight excluding hydrogens is 314 g/mol. The molecule has 2 aromatic carbocycles. The SMILES string of the molecule is CCN(CC)C(=O)Cn1c(-c2ccccc2)nc2ccccc2c1=O. The summed E-state index contributed by atoms with van der Waals surface area (Å²) in [6.07, 6.45) is 0.